The first kappa shape index (κ1) is 19.7. The van der Waals surface area contributed by atoms with Crippen LogP contribution in [0.2, 0.25) is 5.02 Å². The molecule has 0 saturated heterocycles. The third kappa shape index (κ3) is 10.1. The average molecular weight is 320 g/mol. The van der Waals surface area contributed by atoms with E-state index in [1.165, 1.54) is 6.07 Å². The molecule has 0 aliphatic carbocycles. The fraction of sp³-hybridized carbons (Fsp3) is 0.533. The Morgan fingerprint density at radius 3 is 2.29 bits per heavy atom. The molecule has 0 aliphatic heterocycles. The second-order valence-electron chi connectivity index (χ2n) is 5.29. The van der Waals surface area contributed by atoms with Crippen molar-refractivity contribution < 1.29 is 19.0 Å². The number of carbonyl (C=O) groups is 1. The molecule has 0 bridgehead atoms. The molecule has 3 N–H and O–H groups in total. The van der Waals surface area contributed by atoms with E-state index in [9.17, 15) is 9.18 Å². The molecule has 0 heterocycles. The van der Waals surface area contributed by atoms with Gasteiger partial charge in [-0.2, -0.15) is 0 Å². The Bertz CT molecular complexity index is 402. The van der Waals surface area contributed by atoms with Crippen molar-refractivity contribution in [1.82, 2.24) is 0 Å². The standard InChI is InChI=1S/C9H19NO2.C6H4ClFO/c1-6(2)5-7(3)12-9(11)8(4)10;7-4-1-5(8)3-6(9)2-4/h6-8H,5,10H2,1-4H3;1-3,9H/t7?,8-;/m0./s1. The molecule has 0 spiro atoms. The van der Waals surface area contributed by atoms with Crippen LogP contribution in [0.25, 0.3) is 0 Å². The van der Waals surface area contributed by atoms with Crippen LogP contribution in [-0.4, -0.2) is 23.2 Å². The van der Waals surface area contributed by atoms with E-state index in [0.29, 0.717) is 5.92 Å². The van der Waals surface area contributed by atoms with Crippen molar-refractivity contribution in [3.8, 4) is 5.75 Å². The van der Waals surface area contributed by atoms with Crippen LogP contribution in [0.5, 0.6) is 5.75 Å². The molecule has 1 aromatic carbocycles. The van der Waals surface area contributed by atoms with Gasteiger partial charge in [0.05, 0.1) is 6.10 Å². The maximum absolute atomic E-state index is 12.2. The highest BCUT2D eigenvalue weighted by Gasteiger charge is 2.13. The Kier molecular flexibility index (Phi) is 8.97. The number of aromatic hydroxyl groups is 1. The van der Waals surface area contributed by atoms with Crippen molar-refractivity contribution >= 4 is 17.6 Å². The van der Waals surface area contributed by atoms with Crippen LogP contribution in [0.4, 0.5) is 4.39 Å². The maximum atomic E-state index is 12.2. The lowest BCUT2D eigenvalue weighted by Crippen LogP contribution is -2.31. The quantitative estimate of drug-likeness (QED) is 0.833. The molecule has 2 atom stereocenters. The fourth-order valence-electron chi connectivity index (χ4n) is 1.56. The van der Waals surface area contributed by atoms with Gasteiger partial charge in [-0.25, -0.2) is 4.39 Å². The Morgan fingerprint density at radius 2 is 1.90 bits per heavy atom. The lowest BCUT2D eigenvalue weighted by atomic mass is 10.1. The molecule has 4 nitrogen and oxygen atoms in total. The summed E-state index contributed by atoms with van der Waals surface area (Å²) in [5, 5.41) is 8.87. The highest BCUT2D eigenvalue weighted by molar-refractivity contribution is 6.30. The molecule has 6 heteroatoms. The van der Waals surface area contributed by atoms with Crippen LogP contribution >= 0.6 is 11.6 Å². The van der Waals surface area contributed by atoms with Gasteiger partial charge < -0.3 is 15.6 Å². The van der Waals surface area contributed by atoms with E-state index in [1.807, 2.05) is 6.92 Å². The lowest BCUT2D eigenvalue weighted by Gasteiger charge is -2.16. The van der Waals surface area contributed by atoms with Crippen molar-refractivity contribution in [2.75, 3.05) is 0 Å². The molecular weight excluding hydrogens is 297 g/mol. The minimum absolute atomic E-state index is 0.0245. The van der Waals surface area contributed by atoms with E-state index < -0.39 is 11.9 Å². The van der Waals surface area contributed by atoms with Crippen molar-refractivity contribution in [2.24, 2.45) is 11.7 Å². The zero-order valence-electron chi connectivity index (χ0n) is 12.8. The van der Waals surface area contributed by atoms with Crippen molar-refractivity contribution in [3.05, 3.63) is 29.0 Å². The van der Waals surface area contributed by atoms with Gasteiger partial charge >= 0.3 is 5.97 Å². The van der Waals surface area contributed by atoms with Crippen LogP contribution in [0, 0.1) is 11.7 Å². The molecular formula is C15H23ClFNO3. The summed E-state index contributed by atoms with van der Waals surface area (Å²) in [6.07, 6.45) is 0.863. The summed E-state index contributed by atoms with van der Waals surface area (Å²) in [6, 6.07) is 2.87. The van der Waals surface area contributed by atoms with E-state index >= 15 is 0 Å². The third-order valence-electron chi connectivity index (χ3n) is 2.34. The van der Waals surface area contributed by atoms with E-state index in [0.717, 1.165) is 18.6 Å². The summed E-state index contributed by atoms with van der Waals surface area (Å²) < 4.78 is 17.2. The number of phenols is 1. The SMILES string of the molecule is CC(C)CC(C)OC(=O)[C@H](C)N.Oc1cc(F)cc(Cl)c1. The van der Waals surface area contributed by atoms with Crippen LogP contribution in [-0.2, 0) is 9.53 Å². The van der Waals surface area contributed by atoms with Crippen LogP contribution < -0.4 is 5.73 Å². The number of phenolic OH excluding ortho intramolecular Hbond substituents is 1. The number of hydrogen-bond acceptors (Lipinski definition) is 4. The van der Waals surface area contributed by atoms with Crippen LogP contribution in [0.1, 0.15) is 34.1 Å². The zero-order valence-corrected chi connectivity index (χ0v) is 13.5. The van der Waals surface area contributed by atoms with Gasteiger partial charge in [0.2, 0.25) is 0 Å². The van der Waals surface area contributed by atoms with Gasteiger partial charge in [0.1, 0.15) is 17.6 Å². The normalized spacial score (nSPS) is 13.1. The smallest absolute Gasteiger partial charge is 0.322 e. The molecule has 0 saturated carbocycles. The number of carbonyl (C=O) groups excluding carboxylic acids is 1. The largest absolute Gasteiger partial charge is 0.508 e. The first-order valence-electron chi connectivity index (χ1n) is 6.73. The number of ether oxygens (including phenoxy) is 1. The average Bonchev–Trinajstić information content (AvgIpc) is 2.25. The second-order valence-corrected chi connectivity index (χ2v) is 5.73. The van der Waals surface area contributed by atoms with E-state index in [-0.39, 0.29) is 22.8 Å². The maximum Gasteiger partial charge on any atom is 0.322 e. The molecule has 1 rings (SSSR count). The molecule has 21 heavy (non-hydrogen) atoms. The highest BCUT2D eigenvalue weighted by atomic mass is 35.5. The van der Waals surface area contributed by atoms with Crippen molar-refractivity contribution in [3.63, 3.8) is 0 Å². The Labute approximate surface area is 130 Å². The number of esters is 1. The van der Waals surface area contributed by atoms with Gasteiger partial charge in [-0.15, -0.1) is 0 Å². The van der Waals surface area contributed by atoms with E-state index in [1.54, 1.807) is 6.92 Å². The Hall–Kier alpha value is -1.33. The van der Waals surface area contributed by atoms with Gasteiger partial charge in [0.15, 0.2) is 0 Å². The lowest BCUT2D eigenvalue weighted by molar-refractivity contribution is -0.150. The molecule has 0 fully saturated rings. The van der Waals surface area contributed by atoms with Gasteiger partial charge in [-0.05, 0) is 38.3 Å². The first-order valence-corrected chi connectivity index (χ1v) is 7.10. The summed E-state index contributed by atoms with van der Waals surface area (Å²) in [7, 11) is 0. The predicted molar refractivity (Wildman–Crippen MR) is 81.7 cm³/mol. The topological polar surface area (TPSA) is 72.5 Å². The second kappa shape index (κ2) is 9.58. The van der Waals surface area contributed by atoms with Crippen molar-refractivity contribution in [2.45, 2.75) is 46.3 Å². The van der Waals surface area contributed by atoms with Gasteiger partial charge in [-0.1, -0.05) is 25.4 Å². The van der Waals surface area contributed by atoms with Crippen LogP contribution in [0.3, 0.4) is 0 Å². The minimum Gasteiger partial charge on any atom is -0.508 e. The molecule has 0 radical (unpaired) electrons. The predicted octanol–water partition coefficient (Wildman–Crippen LogP) is 3.50. The third-order valence-corrected chi connectivity index (χ3v) is 2.56. The van der Waals surface area contributed by atoms with E-state index in [2.05, 4.69) is 13.8 Å². The zero-order chi connectivity index (χ0) is 16.6. The number of hydrogen-bond donors (Lipinski definition) is 2. The summed E-state index contributed by atoms with van der Waals surface area (Å²) in [6.45, 7) is 7.71. The summed E-state index contributed by atoms with van der Waals surface area (Å²) >= 11 is 5.35. The number of nitrogens with two attached hydrogens (primary N) is 1. The molecule has 1 aromatic rings. The van der Waals surface area contributed by atoms with Gasteiger partial charge in [0, 0.05) is 11.1 Å². The summed E-state index contributed by atoms with van der Waals surface area (Å²) in [4.78, 5) is 11.0. The molecule has 1 unspecified atom stereocenters. The number of benzene rings is 1. The highest BCUT2D eigenvalue weighted by Crippen LogP contribution is 2.17. The monoisotopic (exact) mass is 319 g/mol. The van der Waals surface area contributed by atoms with Gasteiger partial charge in [0.25, 0.3) is 0 Å². The Balaban J connectivity index is 0.000000394. The molecule has 120 valence electrons. The number of halogens is 2. The summed E-state index contributed by atoms with van der Waals surface area (Å²) in [5.74, 6) is -0.455. The first-order chi connectivity index (χ1) is 9.61. The molecule has 0 amide bonds. The minimum atomic E-state index is -0.528. The van der Waals surface area contributed by atoms with Crippen molar-refractivity contribution in [1.29, 1.82) is 0 Å². The molecule has 0 aliphatic rings. The number of rotatable bonds is 4. The molecule has 0 aromatic heterocycles. The van der Waals surface area contributed by atoms with Crippen LogP contribution in [0.15, 0.2) is 18.2 Å². The van der Waals surface area contributed by atoms with Gasteiger partial charge in [-0.3, -0.25) is 4.79 Å². The summed E-state index contributed by atoms with van der Waals surface area (Å²) in [5.41, 5.74) is 5.34. The van der Waals surface area contributed by atoms with E-state index in [4.69, 9.17) is 27.2 Å². The fourth-order valence-corrected chi connectivity index (χ4v) is 1.77. The Morgan fingerprint density at radius 1 is 1.33 bits per heavy atom.